The molecule has 0 atom stereocenters. The first-order chi connectivity index (χ1) is 5.92. The van der Waals surface area contributed by atoms with Crippen LogP contribution in [-0.4, -0.2) is 11.4 Å². The van der Waals surface area contributed by atoms with E-state index >= 15 is 0 Å². The third-order valence-corrected chi connectivity index (χ3v) is 2.11. The molecule has 0 aromatic rings. The van der Waals surface area contributed by atoms with Crippen molar-refractivity contribution in [2.75, 3.05) is 0 Å². The highest BCUT2D eigenvalue weighted by Crippen LogP contribution is 2.16. The van der Waals surface area contributed by atoms with E-state index in [1.807, 2.05) is 45.9 Å². The summed E-state index contributed by atoms with van der Waals surface area (Å²) in [5.74, 6) is 0.323. The zero-order valence-electron chi connectivity index (χ0n) is 8.72. The van der Waals surface area contributed by atoms with E-state index in [1.54, 1.807) is 0 Å². The van der Waals surface area contributed by atoms with Gasteiger partial charge in [-0.15, -0.1) is 0 Å². The normalized spacial score (nSPS) is 21.0. The van der Waals surface area contributed by atoms with Gasteiger partial charge < -0.3 is 5.32 Å². The van der Waals surface area contributed by atoms with Gasteiger partial charge in [0.1, 0.15) is 0 Å². The summed E-state index contributed by atoms with van der Waals surface area (Å²) in [4.78, 5) is 11.7. The summed E-state index contributed by atoms with van der Waals surface area (Å²) in [5.41, 5.74) is 0.617. The van der Waals surface area contributed by atoms with Crippen molar-refractivity contribution < 1.29 is 4.79 Å². The third kappa shape index (κ3) is 2.44. The van der Waals surface area contributed by atoms with Crippen LogP contribution in [0.1, 0.15) is 27.7 Å². The maximum atomic E-state index is 11.7. The highest BCUT2D eigenvalue weighted by atomic mass is 16.1. The lowest BCUT2D eigenvalue weighted by Crippen LogP contribution is -2.42. The van der Waals surface area contributed by atoms with Crippen molar-refractivity contribution in [3.05, 3.63) is 23.8 Å². The van der Waals surface area contributed by atoms with Gasteiger partial charge in [-0.05, 0) is 19.8 Å². The first-order valence-corrected chi connectivity index (χ1v) is 4.64. The molecule has 0 aromatic carbocycles. The summed E-state index contributed by atoms with van der Waals surface area (Å²) < 4.78 is 0. The molecule has 1 rings (SSSR count). The summed E-state index contributed by atoms with van der Waals surface area (Å²) in [5, 5.41) is 2.96. The van der Waals surface area contributed by atoms with Crippen molar-refractivity contribution in [1.29, 1.82) is 0 Å². The van der Waals surface area contributed by atoms with Gasteiger partial charge in [-0.1, -0.05) is 32.1 Å². The molecule has 1 N–H and O–H groups in total. The molecule has 0 saturated carbocycles. The second kappa shape index (κ2) is 3.36. The highest BCUT2D eigenvalue weighted by Gasteiger charge is 2.22. The van der Waals surface area contributed by atoms with Crippen molar-refractivity contribution in [3.63, 3.8) is 0 Å². The number of carbonyl (C=O) groups is 1. The number of amides is 1. The van der Waals surface area contributed by atoms with Crippen LogP contribution in [0.15, 0.2) is 23.8 Å². The molecule has 1 aliphatic heterocycles. The van der Waals surface area contributed by atoms with Crippen LogP contribution >= 0.6 is 0 Å². The quantitative estimate of drug-likeness (QED) is 0.655. The Morgan fingerprint density at radius 1 is 1.38 bits per heavy atom. The fraction of sp³-hybridized carbons (Fsp3) is 0.545. The number of hydrogen-bond donors (Lipinski definition) is 1. The van der Waals surface area contributed by atoms with E-state index in [1.165, 1.54) is 0 Å². The van der Waals surface area contributed by atoms with Crippen molar-refractivity contribution in [1.82, 2.24) is 5.32 Å². The van der Waals surface area contributed by atoms with Gasteiger partial charge in [-0.3, -0.25) is 4.79 Å². The smallest absolute Gasteiger partial charge is 0.248 e. The van der Waals surface area contributed by atoms with E-state index in [0.29, 0.717) is 0 Å². The Morgan fingerprint density at radius 2 is 2.00 bits per heavy atom. The van der Waals surface area contributed by atoms with Gasteiger partial charge in [0.2, 0.25) is 5.91 Å². The first-order valence-electron chi connectivity index (χ1n) is 4.64. The minimum absolute atomic E-state index is 0.0463. The number of hydrogen-bond acceptors (Lipinski definition) is 1. The summed E-state index contributed by atoms with van der Waals surface area (Å²) in [6.45, 7) is 8.02. The van der Waals surface area contributed by atoms with E-state index in [4.69, 9.17) is 0 Å². The molecule has 1 aliphatic rings. The number of carbonyl (C=O) groups excluding carboxylic acids is 1. The van der Waals surface area contributed by atoms with Gasteiger partial charge in [-0.2, -0.15) is 0 Å². The maximum Gasteiger partial charge on any atom is 0.248 e. The third-order valence-electron chi connectivity index (χ3n) is 2.11. The van der Waals surface area contributed by atoms with Gasteiger partial charge in [-0.25, -0.2) is 0 Å². The maximum absolute atomic E-state index is 11.7. The van der Waals surface area contributed by atoms with Crippen LogP contribution < -0.4 is 5.32 Å². The summed E-state index contributed by atoms with van der Waals surface area (Å²) in [6, 6.07) is 0. The SMILES string of the molecule is CC(C)C1=CC=CC(C)(C)NC1=O. The fourth-order valence-corrected chi connectivity index (χ4v) is 1.33. The molecule has 0 bridgehead atoms. The Balaban J connectivity index is 2.90. The van der Waals surface area contributed by atoms with Crippen LogP contribution in [0.2, 0.25) is 0 Å². The predicted octanol–water partition coefficient (Wildman–Crippen LogP) is 2.03. The van der Waals surface area contributed by atoms with E-state index in [2.05, 4.69) is 5.32 Å². The van der Waals surface area contributed by atoms with Gasteiger partial charge in [0.25, 0.3) is 0 Å². The number of rotatable bonds is 1. The van der Waals surface area contributed by atoms with Crippen molar-refractivity contribution in [3.8, 4) is 0 Å². The molecule has 0 aliphatic carbocycles. The second-order valence-electron chi connectivity index (χ2n) is 4.31. The van der Waals surface area contributed by atoms with Crippen molar-refractivity contribution >= 4 is 5.91 Å². The lowest BCUT2D eigenvalue weighted by molar-refractivity contribution is -0.118. The van der Waals surface area contributed by atoms with Crippen molar-refractivity contribution in [2.24, 2.45) is 5.92 Å². The molecule has 2 nitrogen and oxygen atoms in total. The monoisotopic (exact) mass is 179 g/mol. The number of allylic oxidation sites excluding steroid dienone is 2. The van der Waals surface area contributed by atoms with Crippen LogP contribution in [0.5, 0.6) is 0 Å². The largest absolute Gasteiger partial charge is 0.344 e. The molecule has 13 heavy (non-hydrogen) atoms. The average Bonchev–Trinajstić information content (AvgIpc) is 2.06. The predicted molar refractivity (Wildman–Crippen MR) is 54.3 cm³/mol. The lowest BCUT2D eigenvalue weighted by Gasteiger charge is -2.22. The summed E-state index contributed by atoms with van der Waals surface area (Å²) in [6.07, 6.45) is 5.85. The Morgan fingerprint density at radius 3 is 2.54 bits per heavy atom. The minimum atomic E-state index is -0.232. The van der Waals surface area contributed by atoms with Crippen LogP contribution in [0, 0.1) is 5.92 Å². The van der Waals surface area contributed by atoms with Crippen LogP contribution in [0.3, 0.4) is 0 Å². The zero-order valence-corrected chi connectivity index (χ0v) is 8.72. The average molecular weight is 179 g/mol. The van der Waals surface area contributed by atoms with Gasteiger partial charge in [0.05, 0.1) is 5.54 Å². The van der Waals surface area contributed by atoms with E-state index < -0.39 is 0 Å². The second-order valence-corrected chi connectivity index (χ2v) is 4.31. The van der Waals surface area contributed by atoms with Crippen molar-refractivity contribution in [2.45, 2.75) is 33.2 Å². The molecule has 0 radical (unpaired) electrons. The molecule has 0 saturated heterocycles. The van der Waals surface area contributed by atoms with Gasteiger partial charge in [0, 0.05) is 5.57 Å². The number of nitrogens with one attached hydrogen (secondary N) is 1. The molecular formula is C11H17NO. The molecule has 0 fully saturated rings. The van der Waals surface area contributed by atoms with Crippen LogP contribution in [0.25, 0.3) is 0 Å². The zero-order chi connectivity index (χ0) is 10.1. The molecule has 1 heterocycles. The molecular weight excluding hydrogens is 162 g/mol. The topological polar surface area (TPSA) is 29.1 Å². The van der Waals surface area contributed by atoms with Crippen LogP contribution in [0.4, 0.5) is 0 Å². The lowest BCUT2D eigenvalue weighted by atomic mass is 10.0. The Bertz CT molecular complexity index is 272. The van der Waals surface area contributed by atoms with E-state index in [-0.39, 0.29) is 17.4 Å². The molecule has 0 aromatic heterocycles. The molecule has 0 unspecified atom stereocenters. The Labute approximate surface area is 79.7 Å². The Kier molecular flexibility index (Phi) is 2.60. The molecule has 2 heteroatoms. The molecule has 0 spiro atoms. The first kappa shape index (κ1) is 10.0. The summed E-state index contributed by atoms with van der Waals surface area (Å²) in [7, 11) is 0. The van der Waals surface area contributed by atoms with Gasteiger partial charge in [0.15, 0.2) is 0 Å². The van der Waals surface area contributed by atoms with Crippen LogP contribution in [-0.2, 0) is 4.79 Å². The van der Waals surface area contributed by atoms with E-state index in [9.17, 15) is 4.79 Å². The highest BCUT2D eigenvalue weighted by molar-refractivity contribution is 5.95. The molecule has 1 amide bonds. The Hall–Kier alpha value is -1.05. The molecule has 72 valence electrons. The summed E-state index contributed by atoms with van der Waals surface area (Å²) >= 11 is 0. The van der Waals surface area contributed by atoms with Gasteiger partial charge >= 0.3 is 0 Å². The standard InChI is InChI=1S/C11H17NO/c1-8(2)9-6-5-7-11(3,4)12-10(9)13/h5-8H,1-4H3,(H,12,13). The fourth-order valence-electron chi connectivity index (χ4n) is 1.33. The minimum Gasteiger partial charge on any atom is -0.344 e. The van der Waals surface area contributed by atoms with E-state index in [0.717, 1.165) is 5.57 Å².